The Balaban J connectivity index is 2.58. The lowest BCUT2D eigenvalue weighted by molar-refractivity contribution is -0.138. The third-order valence-corrected chi connectivity index (χ3v) is 2.63. The standard InChI is InChI=1S/C13H10F3N/c1-9-11(10-5-7-17-8-6-10)3-2-4-12(9)13(14,15)16/h2-8H,1H3. The van der Waals surface area contributed by atoms with E-state index in [1.165, 1.54) is 13.0 Å². The van der Waals surface area contributed by atoms with Crippen molar-refractivity contribution in [1.29, 1.82) is 0 Å². The van der Waals surface area contributed by atoms with Gasteiger partial charge in [-0.1, -0.05) is 12.1 Å². The molecule has 0 aliphatic rings. The molecule has 0 aliphatic carbocycles. The SMILES string of the molecule is Cc1c(-c2ccncc2)cccc1C(F)(F)F. The fraction of sp³-hybridized carbons (Fsp3) is 0.154. The van der Waals surface area contributed by atoms with Gasteiger partial charge in [-0.15, -0.1) is 0 Å². The van der Waals surface area contributed by atoms with Crippen LogP contribution >= 0.6 is 0 Å². The molecule has 0 saturated carbocycles. The predicted octanol–water partition coefficient (Wildman–Crippen LogP) is 4.08. The summed E-state index contributed by atoms with van der Waals surface area (Å²) in [5.74, 6) is 0. The summed E-state index contributed by atoms with van der Waals surface area (Å²) in [4.78, 5) is 3.85. The third kappa shape index (κ3) is 2.30. The van der Waals surface area contributed by atoms with E-state index in [0.29, 0.717) is 5.56 Å². The van der Waals surface area contributed by atoms with Gasteiger partial charge in [0.15, 0.2) is 0 Å². The molecular formula is C13H10F3N. The highest BCUT2D eigenvalue weighted by molar-refractivity contribution is 5.68. The second-order valence-electron chi connectivity index (χ2n) is 3.71. The summed E-state index contributed by atoms with van der Waals surface area (Å²) in [6.45, 7) is 1.48. The molecule has 4 heteroatoms. The quantitative estimate of drug-likeness (QED) is 0.728. The molecule has 1 aromatic heterocycles. The Morgan fingerprint density at radius 2 is 1.65 bits per heavy atom. The number of halogens is 3. The molecule has 88 valence electrons. The molecule has 0 amide bonds. The number of pyridine rings is 1. The van der Waals surface area contributed by atoms with Crippen LogP contribution in [0.3, 0.4) is 0 Å². The first-order valence-corrected chi connectivity index (χ1v) is 5.07. The van der Waals surface area contributed by atoms with Crippen molar-refractivity contribution < 1.29 is 13.2 Å². The smallest absolute Gasteiger partial charge is 0.265 e. The van der Waals surface area contributed by atoms with Crippen molar-refractivity contribution in [2.45, 2.75) is 13.1 Å². The highest BCUT2D eigenvalue weighted by Gasteiger charge is 2.32. The highest BCUT2D eigenvalue weighted by Crippen LogP contribution is 2.35. The molecule has 0 spiro atoms. The van der Waals surface area contributed by atoms with Crippen LogP contribution in [-0.2, 0) is 6.18 Å². The average Bonchev–Trinajstić information content (AvgIpc) is 2.29. The molecule has 1 heterocycles. The second-order valence-corrected chi connectivity index (χ2v) is 3.71. The van der Waals surface area contributed by atoms with Crippen LogP contribution in [0.2, 0.25) is 0 Å². The first-order chi connectivity index (χ1) is 8.00. The van der Waals surface area contributed by atoms with Gasteiger partial charge in [0, 0.05) is 12.4 Å². The minimum absolute atomic E-state index is 0.242. The molecule has 0 radical (unpaired) electrons. The monoisotopic (exact) mass is 237 g/mol. The van der Waals surface area contributed by atoms with E-state index in [-0.39, 0.29) is 5.56 Å². The van der Waals surface area contributed by atoms with Gasteiger partial charge in [0.2, 0.25) is 0 Å². The number of aromatic nitrogens is 1. The van der Waals surface area contributed by atoms with Crippen LogP contribution in [0.15, 0.2) is 42.7 Å². The van der Waals surface area contributed by atoms with Crippen LogP contribution in [0.1, 0.15) is 11.1 Å². The van der Waals surface area contributed by atoms with Crippen molar-refractivity contribution >= 4 is 0 Å². The molecule has 2 rings (SSSR count). The van der Waals surface area contributed by atoms with E-state index in [2.05, 4.69) is 4.98 Å². The summed E-state index contributed by atoms with van der Waals surface area (Å²) in [6.07, 6.45) is -1.18. The lowest BCUT2D eigenvalue weighted by atomic mass is 9.97. The van der Waals surface area contributed by atoms with E-state index in [0.717, 1.165) is 11.6 Å². The van der Waals surface area contributed by atoms with Crippen LogP contribution in [0.5, 0.6) is 0 Å². The van der Waals surface area contributed by atoms with Gasteiger partial charge < -0.3 is 0 Å². The molecule has 0 saturated heterocycles. The lowest BCUT2D eigenvalue weighted by Gasteiger charge is -2.13. The molecule has 1 nitrogen and oxygen atoms in total. The highest BCUT2D eigenvalue weighted by atomic mass is 19.4. The van der Waals surface area contributed by atoms with Crippen LogP contribution in [0.4, 0.5) is 13.2 Å². The maximum atomic E-state index is 12.7. The summed E-state index contributed by atoms with van der Waals surface area (Å²) >= 11 is 0. The van der Waals surface area contributed by atoms with Crippen molar-refractivity contribution in [2.75, 3.05) is 0 Å². The molecule has 0 bridgehead atoms. The normalized spacial score (nSPS) is 11.5. The van der Waals surface area contributed by atoms with Crippen LogP contribution in [0, 0.1) is 6.92 Å². The number of hydrogen-bond acceptors (Lipinski definition) is 1. The molecule has 0 N–H and O–H groups in total. The number of alkyl halides is 3. The van der Waals surface area contributed by atoms with Gasteiger partial charge in [-0.2, -0.15) is 13.2 Å². The summed E-state index contributed by atoms with van der Waals surface area (Å²) < 4.78 is 38.2. The summed E-state index contributed by atoms with van der Waals surface area (Å²) in [7, 11) is 0. The summed E-state index contributed by atoms with van der Waals surface area (Å²) in [6, 6.07) is 7.59. The molecule has 17 heavy (non-hydrogen) atoms. The zero-order valence-electron chi connectivity index (χ0n) is 9.12. The first kappa shape index (κ1) is 11.6. The molecule has 0 aliphatic heterocycles. The third-order valence-electron chi connectivity index (χ3n) is 2.63. The van der Waals surface area contributed by atoms with Gasteiger partial charge in [0.05, 0.1) is 5.56 Å². The summed E-state index contributed by atoms with van der Waals surface area (Å²) in [5.41, 5.74) is 0.976. The molecule has 0 atom stereocenters. The van der Waals surface area contributed by atoms with Crippen LogP contribution in [0.25, 0.3) is 11.1 Å². The van der Waals surface area contributed by atoms with E-state index in [4.69, 9.17) is 0 Å². The van der Waals surface area contributed by atoms with Crippen molar-refractivity contribution in [3.63, 3.8) is 0 Å². The Morgan fingerprint density at radius 1 is 1.00 bits per heavy atom. The van der Waals surface area contributed by atoms with Crippen molar-refractivity contribution in [3.05, 3.63) is 53.9 Å². The number of benzene rings is 1. The van der Waals surface area contributed by atoms with E-state index >= 15 is 0 Å². The fourth-order valence-electron chi connectivity index (χ4n) is 1.79. The Morgan fingerprint density at radius 3 is 2.24 bits per heavy atom. The van der Waals surface area contributed by atoms with Gasteiger partial charge in [0.1, 0.15) is 0 Å². The molecule has 0 unspecified atom stereocenters. The first-order valence-electron chi connectivity index (χ1n) is 5.07. The Kier molecular flexibility index (Phi) is 2.88. The number of nitrogens with zero attached hydrogens (tertiary/aromatic N) is 1. The fourth-order valence-corrected chi connectivity index (χ4v) is 1.79. The van der Waals surface area contributed by atoms with Gasteiger partial charge in [0.25, 0.3) is 0 Å². The molecular weight excluding hydrogens is 227 g/mol. The van der Waals surface area contributed by atoms with Gasteiger partial charge >= 0.3 is 6.18 Å². The number of hydrogen-bond donors (Lipinski definition) is 0. The van der Waals surface area contributed by atoms with Crippen molar-refractivity contribution in [2.24, 2.45) is 0 Å². The van der Waals surface area contributed by atoms with Crippen LogP contribution < -0.4 is 0 Å². The summed E-state index contributed by atoms with van der Waals surface area (Å²) in [5, 5.41) is 0. The van der Waals surface area contributed by atoms with Gasteiger partial charge in [-0.3, -0.25) is 4.98 Å². The van der Waals surface area contributed by atoms with Crippen LogP contribution in [-0.4, -0.2) is 4.98 Å². The minimum atomic E-state index is -4.31. The Hall–Kier alpha value is -1.84. The second kappa shape index (κ2) is 4.20. The molecule has 0 fully saturated rings. The van der Waals surface area contributed by atoms with E-state index < -0.39 is 11.7 Å². The topological polar surface area (TPSA) is 12.9 Å². The van der Waals surface area contributed by atoms with E-state index in [9.17, 15) is 13.2 Å². The Bertz CT molecular complexity index is 518. The maximum absolute atomic E-state index is 12.7. The van der Waals surface area contributed by atoms with E-state index in [1.54, 1.807) is 30.6 Å². The van der Waals surface area contributed by atoms with Crippen molar-refractivity contribution in [3.8, 4) is 11.1 Å². The minimum Gasteiger partial charge on any atom is -0.265 e. The van der Waals surface area contributed by atoms with Crippen molar-refractivity contribution in [1.82, 2.24) is 4.98 Å². The zero-order valence-corrected chi connectivity index (χ0v) is 9.12. The average molecular weight is 237 g/mol. The lowest BCUT2D eigenvalue weighted by Crippen LogP contribution is -2.07. The maximum Gasteiger partial charge on any atom is 0.416 e. The van der Waals surface area contributed by atoms with Gasteiger partial charge in [-0.25, -0.2) is 0 Å². The number of rotatable bonds is 1. The predicted molar refractivity (Wildman–Crippen MR) is 59.4 cm³/mol. The Labute approximate surface area is 96.9 Å². The van der Waals surface area contributed by atoms with Gasteiger partial charge in [-0.05, 0) is 41.8 Å². The largest absolute Gasteiger partial charge is 0.416 e. The molecule has 1 aromatic carbocycles. The molecule has 2 aromatic rings. The van der Waals surface area contributed by atoms with E-state index in [1.807, 2.05) is 0 Å². The zero-order chi connectivity index (χ0) is 12.5.